The number of amides is 2. The summed E-state index contributed by atoms with van der Waals surface area (Å²) in [7, 11) is -1.17. The zero-order valence-corrected chi connectivity index (χ0v) is 16.5. The van der Waals surface area contributed by atoms with Gasteiger partial charge in [0.05, 0.1) is 28.6 Å². The van der Waals surface area contributed by atoms with E-state index in [-0.39, 0.29) is 5.46 Å². The van der Waals surface area contributed by atoms with Crippen molar-refractivity contribution < 1.29 is 40.4 Å². The lowest BCUT2D eigenvalue weighted by Gasteiger charge is -2.21. The van der Waals surface area contributed by atoms with Crippen LogP contribution in [0.4, 0.5) is 42.5 Å². The first-order chi connectivity index (χ1) is 14.3. The van der Waals surface area contributed by atoms with Crippen molar-refractivity contribution in [3.8, 4) is 0 Å². The first kappa shape index (κ1) is 22.9. The summed E-state index contributed by atoms with van der Waals surface area (Å²) in [6.45, 7) is 5.15. The van der Waals surface area contributed by atoms with E-state index in [2.05, 4.69) is 0 Å². The SMILES string of the molecule is CC1OB(c2cc(F)c(NC(=O)Nc3cc(C(F)(F)F)ccc3F)cc2F)OC1(C)C. The number of halogens is 6. The van der Waals surface area contributed by atoms with E-state index in [1.807, 2.05) is 10.6 Å². The van der Waals surface area contributed by atoms with Gasteiger partial charge in [0.2, 0.25) is 0 Å². The quantitative estimate of drug-likeness (QED) is 0.532. The van der Waals surface area contributed by atoms with Crippen LogP contribution >= 0.6 is 0 Å². The molecule has 0 radical (unpaired) electrons. The van der Waals surface area contributed by atoms with E-state index in [0.29, 0.717) is 24.3 Å². The number of anilines is 2. The Bertz CT molecular complexity index is 1010. The molecule has 2 N–H and O–H groups in total. The maximum Gasteiger partial charge on any atom is 0.497 e. The summed E-state index contributed by atoms with van der Waals surface area (Å²) < 4.78 is 92.0. The lowest BCUT2D eigenvalue weighted by molar-refractivity contribution is -0.137. The van der Waals surface area contributed by atoms with E-state index in [1.165, 1.54) is 0 Å². The predicted octanol–water partition coefficient (Wildman–Crippen LogP) is 4.68. The summed E-state index contributed by atoms with van der Waals surface area (Å²) in [5, 5.41) is 3.77. The molecule has 1 aliphatic heterocycles. The van der Waals surface area contributed by atoms with Gasteiger partial charge in [0, 0.05) is 11.5 Å². The minimum Gasteiger partial charge on any atom is -0.402 e. The number of nitrogens with one attached hydrogen (secondary N) is 2. The molecular formula is C19H17BF6N2O3. The Morgan fingerprint density at radius 1 is 1.00 bits per heavy atom. The molecule has 1 aliphatic rings. The second-order valence-electron chi connectivity index (χ2n) is 7.46. The number of benzene rings is 2. The molecule has 1 atom stereocenters. The largest absolute Gasteiger partial charge is 0.497 e. The molecule has 1 fully saturated rings. The molecule has 2 amide bonds. The molecular weight excluding hydrogens is 429 g/mol. The van der Waals surface area contributed by atoms with Crippen LogP contribution in [-0.2, 0) is 15.5 Å². The third-order valence-corrected chi connectivity index (χ3v) is 4.85. The Morgan fingerprint density at radius 3 is 2.16 bits per heavy atom. The first-order valence-electron chi connectivity index (χ1n) is 9.05. The Balaban J connectivity index is 1.76. The van der Waals surface area contributed by atoms with Crippen LogP contribution in [0.15, 0.2) is 30.3 Å². The van der Waals surface area contributed by atoms with Gasteiger partial charge in [-0.3, -0.25) is 0 Å². The van der Waals surface area contributed by atoms with Crippen molar-refractivity contribution in [1.29, 1.82) is 0 Å². The third-order valence-electron chi connectivity index (χ3n) is 4.85. The molecule has 1 heterocycles. The predicted molar refractivity (Wildman–Crippen MR) is 102 cm³/mol. The van der Waals surface area contributed by atoms with Crippen LogP contribution in [0.25, 0.3) is 0 Å². The van der Waals surface area contributed by atoms with Gasteiger partial charge in [-0.2, -0.15) is 13.2 Å². The molecule has 1 unspecified atom stereocenters. The Morgan fingerprint density at radius 2 is 1.61 bits per heavy atom. The highest BCUT2D eigenvalue weighted by Crippen LogP contribution is 2.32. The molecule has 0 bridgehead atoms. The number of hydrogen-bond acceptors (Lipinski definition) is 3. The summed E-state index contributed by atoms with van der Waals surface area (Å²) in [6.07, 6.45) is -5.16. The summed E-state index contributed by atoms with van der Waals surface area (Å²) in [5.41, 5.74) is -3.56. The van der Waals surface area contributed by atoms with E-state index in [0.717, 1.165) is 6.07 Å². The van der Waals surface area contributed by atoms with Gasteiger partial charge in [0.15, 0.2) is 0 Å². The number of carbonyl (C=O) groups excluding carboxylic acids is 1. The lowest BCUT2D eigenvalue weighted by atomic mass is 9.78. The van der Waals surface area contributed by atoms with Crippen molar-refractivity contribution >= 4 is 30.0 Å². The molecule has 0 spiro atoms. The normalized spacial score (nSPS) is 18.2. The van der Waals surface area contributed by atoms with E-state index in [1.54, 1.807) is 20.8 Å². The average molecular weight is 446 g/mol. The van der Waals surface area contributed by atoms with Crippen molar-refractivity contribution in [2.45, 2.75) is 38.7 Å². The van der Waals surface area contributed by atoms with Crippen molar-refractivity contribution in [2.75, 3.05) is 10.6 Å². The number of hydrogen-bond donors (Lipinski definition) is 2. The number of rotatable bonds is 3. The minimum absolute atomic E-state index is 0.232. The van der Waals surface area contributed by atoms with Gasteiger partial charge < -0.3 is 19.9 Å². The lowest BCUT2D eigenvalue weighted by Crippen LogP contribution is -2.37. The van der Waals surface area contributed by atoms with Crippen LogP contribution in [0.1, 0.15) is 26.3 Å². The molecule has 2 aromatic rings. The fourth-order valence-corrected chi connectivity index (χ4v) is 2.80. The summed E-state index contributed by atoms with van der Waals surface area (Å²) in [6, 6.07) is 1.57. The maximum atomic E-state index is 14.5. The van der Waals surface area contributed by atoms with Gasteiger partial charge in [-0.05, 0) is 45.0 Å². The van der Waals surface area contributed by atoms with Gasteiger partial charge in [0.1, 0.15) is 17.5 Å². The third kappa shape index (κ3) is 4.96. The zero-order chi connectivity index (χ0) is 23.1. The Hall–Kier alpha value is -2.73. The molecule has 3 rings (SSSR count). The van der Waals surface area contributed by atoms with E-state index < -0.39 is 65.4 Å². The molecule has 1 saturated heterocycles. The van der Waals surface area contributed by atoms with Crippen molar-refractivity contribution in [1.82, 2.24) is 0 Å². The minimum atomic E-state index is -4.76. The molecule has 0 aromatic heterocycles. The van der Waals surface area contributed by atoms with Gasteiger partial charge in [-0.15, -0.1) is 0 Å². The number of alkyl halides is 3. The van der Waals surface area contributed by atoms with Crippen LogP contribution in [0.5, 0.6) is 0 Å². The monoisotopic (exact) mass is 446 g/mol. The van der Waals surface area contributed by atoms with Crippen LogP contribution < -0.4 is 16.1 Å². The molecule has 12 heteroatoms. The number of carbonyl (C=O) groups is 1. The average Bonchev–Trinajstić information content (AvgIpc) is 2.91. The zero-order valence-electron chi connectivity index (χ0n) is 16.5. The Labute approximate surface area is 173 Å². The molecule has 2 aromatic carbocycles. The van der Waals surface area contributed by atoms with E-state index >= 15 is 0 Å². The van der Waals surface area contributed by atoms with E-state index in [9.17, 15) is 31.1 Å². The highest BCUT2D eigenvalue weighted by Gasteiger charge is 2.45. The second-order valence-corrected chi connectivity index (χ2v) is 7.46. The fourth-order valence-electron chi connectivity index (χ4n) is 2.80. The van der Waals surface area contributed by atoms with Gasteiger partial charge in [-0.25, -0.2) is 18.0 Å². The standard InChI is InChI=1S/C19H17BF6N2O3/c1-9-18(2,3)31-20(30-9)11-7-14(23)16(8-13(11)22)28-17(29)27-15-6-10(19(24,25)26)4-5-12(15)21/h4-9H,1-3H3,(H2,27,28,29). The highest BCUT2D eigenvalue weighted by molar-refractivity contribution is 6.62. The summed E-state index contributed by atoms with van der Waals surface area (Å²) in [5.74, 6) is -3.14. The van der Waals surface area contributed by atoms with Gasteiger partial charge in [-0.1, -0.05) is 0 Å². The van der Waals surface area contributed by atoms with E-state index in [4.69, 9.17) is 9.31 Å². The molecule has 5 nitrogen and oxygen atoms in total. The molecule has 31 heavy (non-hydrogen) atoms. The molecule has 166 valence electrons. The number of urea groups is 1. The molecule has 0 aliphatic carbocycles. The van der Waals surface area contributed by atoms with Crippen LogP contribution in [0.3, 0.4) is 0 Å². The van der Waals surface area contributed by atoms with Crippen molar-refractivity contribution in [3.63, 3.8) is 0 Å². The smallest absolute Gasteiger partial charge is 0.402 e. The second kappa shape index (κ2) is 8.08. The molecule has 0 saturated carbocycles. The fraction of sp³-hybridized carbons (Fsp3) is 0.316. The topological polar surface area (TPSA) is 59.6 Å². The highest BCUT2D eigenvalue weighted by atomic mass is 19.4. The van der Waals surface area contributed by atoms with Crippen LogP contribution in [0, 0.1) is 17.5 Å². The van der Waals surface area contributed by atoms with Crippen LogP contribution in [0.2, 0.25) is 0 Å². The summed E-state index contributed by atoms with van der Waals surface area (Å²) >= 11 is 0. The van der Waals surface area contributed by atoms with Crippen molar-refractivity contribution in [2.24, 2.45) is 0 Å². The van der Waals surface area contributed by atoms with Crippen LogP contribution in [-0.4, -0.2) is 24.9 Å². The Kier molecular flexibility index (Phi) is 5.98. The van der Waals surface area contributed by atoms with Gasteiger partial charge >= 0.3 is 19.3 Å². The summed E-state index contributed by atoms with van der Waals surface area (Å²) in [4.78, 5) is 12.0. The van der Waals surface area contributed by atoms with Crippen molar-refractivity contribution in [3.05, 3.63) is 53.3 Å². The maximum absolute atomic E-state index is 14.5. The van der Waals surface area contributed by atoms with Gasteiger partial charge in [0.25, 0.3) is 0 Å². The first-order valence-corrected chi connectivity index (χ1v) is 9.05.